The van der Waals surface area contributed by atoms with E-state index in [1.807, 2.05) is 18.4 Å². The molecule has 1 atom stereocenters. The Hall–Kier alpha value is -2.08. The number of rotatable bonds is 6. The number of fused-ring (bicyclic) bond motifs is 1. The van der Waals surface area contributed by atoms with E-state index in [1.165, 1.54) is 0 Å². The molecule has 0 aliphatic carbocycles. The highest BCUT2D eigenvalue weighted by molar-refractivity contribution is 7.98. The predicted molar refractivity (Wildman–Crippen MR) is 91.6 cm³/mol. The fourth-order valence-electron chi connectivity index (χ4n) is 2.58. The smallest absolute Gasteiger partial charge is 0.220 e. The van der Waals surface area contributed by atoms with Crippen LogP contribution in [0.1, 0.15) is 12.0 Å². The molecule has 5 nitrogen and oxygen atoms in total. The van der Waals surface area contributed by atoms with E-state index >= 15 is 0 Å². The van der Waals surface area contributed by atoms with Crippen LogP contribution in [0.25, 0.3) is 11.4 Å². The Kier molecular flexibility index (Phi) is 5.12. The maximum atomic E-state index is 11.7. The van der Waals surface area contributed by atoms with Gasteiger partial charge in [-0.3, -0.25) is 4.79 Å². The zero-order valence-corrected chi connectivity index (χ0v) is 13.8. The van der Waals surface area contributed by atoms with Crippen LogP contribution in [0.4, 0.5) is 0 Å². The lowest BCUT2D eigenvalue weighted by Gasteiger charge is -2.13. The summed E-state index contributed by atoms with van der Waals surface area (Å²) in [4.78, 5) is 20.3. The van der Waals surface area contributed by atoms with E-state index in [0.29, 0.717) is 18.8 Å². The molecule has 1 N–H and O–H groups in total. The van der Waals surface area contributed by atoms with Crippen molar-refractivity contribution in [1.82, 2.24) is 15.3 Å². The zero-order valence-electron chi connectivity index (χ0n) is 13.0. The van der Waals surface area contributed by atoms with Crippen LogP contribution in [0.2, 0.25) is 0 Å². The first kappa shape index (κ1) is 15.8. The Bertz CT molecular complexity index is 679. The van der Waals surface area contributed by atoms with E-state index in [-0.39, 0.29) is 12.0 Å². The van der Waals surface area contributed by atoms with Crippen LogP contribution in [0, 0.1) is 0 Å². The normalized spacial score (nSPS) is 15.8. The third kappa shape index (κ3) is 3.82. The minimum atomic E-state index is -0.0342. The van der Waals surface area contributed by atoms with E-state index < -0.39 is 0 Å². The van der Waals surface area contributed by atoms with E-state index in [1.54, 1.807) is 30.2 Å². The van der Waals surface area contributed by atoms with Gasteiger partial charge in [-0.1, -0.05) is 12.1 Å². The van der Waals surface area contributed by atoms with Crippen LogP contribution in [-0.2, 0) is 11.2 Å². The minimum absolute atomic E-state index is 0.0342. The molecule has 0 spiro atoms. The number of amides is 1. The molecule has 1 aromatic carbocycles. The second-order valence-electron chi connectivity index (χ2n) is 5.36. The summed E-state index contributed by atoms with van der Waals surface area (Å²) in [6, 6.07) is 7.80. The van der Waals surface area contributed by atoms with Gasteiger partial charge in [0.2, 0.25) is 5.91 Å². The SMILES string of the molecule is CSCCC(=O)NCC1Cc2cccc(-c3ncccn3)c2O1. The first-order chi connectivity index (χ1) is 11.3. The molecule has 0 bridgehead atoms. The zero-order chi connectivity index (χ0) is 16.1. The van der Waals surface area contributed by atoms with Crippen molar-refractivity contribution in [1.29, 1.82) is 0 Å². The van der Waals surface area contributed by atoms with Gasteiger partial charge in [-0.05, 0) is 24.0 Å². The number of carbonyl (C=O) groups excluding carboxylic acids is 1. The number of nitrogens with zero attached hydrogens (tertiary/aromatic N) is 2. The molecular weight excluding hydrogens is 310 g/mol. The molecule has 1 amide bonds. The molecule has 1 unspecified atom stereocenters. The fourth-order valence-corrected chi connectivity index (χ4v) is 2.97. The number of aromatic nitrogens is 2. The highest BCUT2D eigenvalue weighted by atomic mass is 32.2. The summed E-state index contributed by atoms with van der Waals surface area (Å²) in [7, 11) is 0. The van der Waals surface area contributed by atoms with Crippen molar-refractivity contribution in [3.8, 4) is 17.1 Å². The van der Waals surface area contributed by atoms with Crippen molar-refractivity contribution < 1.29 is 9.53 Å². The Balaban J connectivity index is 1.66. The average Bonchev–Trinajstić information content (AvgIpc) is 3.02. The summed E-state index contributed by atoms with van der Waals surface area (Å²) >= 11 is 1.67. The minimum Gasteiger partial charge on any atom is -0.487 e. The van der Waals surface area contributed by atoms with Crippen molar-refractivity contribution in [2.45, 2.75) is 18.9 Å². The Labute approximate surface area is 139 Å². The molecule has 0 radical (unpaired) electrons. The van der Waals surface area contributed by atoms with Crippen LogP contribution in [0.5, 0.6) is 5.75 Å². The molecule has 2 heterocycles. The van der Waals surface area contributed by atoms with Gasteiger partial charge in [0.1, 0.15) is 11.9 Å². The summed E-state index contributed by atoms with van der Waals surface area (Å²) in [6.07, 6.45) is 6.74. The van der Waals surface area contributed by atoms with Crippen molar-refractivity contribution in [2.75, 3.05) is 18.6 Å². The molecular formula is C17H19N3O2S. The number of ether oxygens (including phenoxy) is 1. The number of thioether (sulfide) groups is 1. The van der Waals surface area contributed by atoms with Crippen molar-refractivity contribution in [3.63, 3.8) is 0 Å². The lowest BCUT2D eigenvalue weighted by molar-refractivity contribution is -0.121. The van der Waals surface area contributed by atoms with E-state index in [9.17, 15) is 4.79 Å². The topological polar surface area (TPSA) is 64.1 Å². The van der Waals surface area contributed by atoms with Gasteiger partial charge in [-0.2, -0.15) is 11.8 Å². The third-order valence-electron chi connectivity index (χ3n) is 3.70. The molecule has 0 fully saturated rings. The molecule has 120 valence electrons. The Morgan fingerprint density at radius 2 is 2.17 bits per heavy atom. The summed E-state index contributed by atoms with van der Waals surface area (Å²) in [5.74, 6) is 2.41. The van der Waals surface area contributed by atoms with Crippen LogP contribution < -0.4 is 10.1 Å². The standard InChI is InChI=1S/C17H19N3O2S/c1-23-9-6-15(21)20-11-13-10-12-4-2-5-14(16(12)22-13)17-18-7-3-8-19-17/h2-5,7-8,13H,6,9-11H2,1H3,(H,20,21). The van der Waals surface area contributed by atoms with Gasteiger partial charge in [-0.25, -0.2) is 9.97 Å². The summed E-state index contributed by atoms with van der Waals surface area (Å²) in [5.41, 5.74) is 2.04. The van der Waals surface area contributed by atoms with Gasteiger partial charge in [0.25, 0.3) is 0 Å². The summed E-state index contributed by atoms with van der Waals surface area (Å²) < 4.78 is 6.05. The molecule has 0 saturated heterocycles. The third-order valence-corrected chi connectivity index (χ3v) is 4.31. The number of hydrogen-bond acceptors (Lipinski definition) is 5. The van der Waals surface area contributed by atoms with Crippen molar-refractivity contribution in [2.24, 2.45) is 0 Å². The van der Waals surface area contributed by atoms with Gasteiger partial charge in [0.15, 0.2) is 5.82 Å². The first-order valence-electron chi connectivity index (χ1n) is 7.59. The number of para-hydroxylation sites is 1. The molecule has 2 aromatic rings. The maximum absolute atomic E-state index is 11.7. The number of carbonyl (C=O) groups is 1. The van der Waals surface area contributed by atoms with Gasteiger partial charge < -0.3 is 10.1 Å². The van der Waals surface area contributed by atoms with Crippen molar-refractivity contribution in [3.05, 3.63) is 42.2 Å². The van der Waals surface area contributed by atoms with E-state index in [0.717, 1.165) is 29.1 Å². The van der Waals surface area contributed by atoms with Crippen LogP contribution in [0.3, 0.4) is 0 Å². The molecule has 1 aromatic heterocycles. The van der Waals surface area contributed by atoms with Crippen LogP contribution in [-0.4, -0.2) is 40.5 Å². The molecule has 1 aliphatic heterocycles. The highest BCUT2D eigenvalue weighted by Gasteiger charge is 2.26. The lowest BCUT2D eigenvalue weighted by atomic mass is 10.1. The van der Waals surface area contributed by atoms with E-state index in [2.05, 4.69) is 21.4 Å². The summed E-state index contributed by atoms with van der Waals surface area (Å²) in [5, 5.41) is 2.94. The fraction of sp³-hybridized carbons (Fsp3) is 0.353. The largest absolute Gasteiger partial charge is 0.487 e. The average molecular weight is 329 g/mol. The molecule has 1 aliphatic rings. The van der Waals surface area contributed by atoms with Gasteiger partial charge in [0, 0.05) is 31.0 Å². The Morgan fingerprint density at radius 3 is 2.96 bits per heavy atom. The monoisotopic (exact) mass is 329 g/mol. The lowest BCUT2D eigenvalue weighted by Crippen LogP contribution is -2.34. The quantitative estimate of drug-likeness (QED) is 0.881. The van der Waals surface area contributed by atoms with Gasteiger partial charge in [-0.15, -0.1) is 0 Å². The van der Waals surface area contributed by atoms with Crippen LogP contribution >= 0.6 is 11.8 Å². The molecule has 0 saturated carbocycles. The first-order valence-corrected chi connectivity index (χ1v) is 8.99. The Morgan fingerprint density at radius 1 is 1.35 bits per heavy atom. The predicted octanol–water partition coefficient (Wildman–Crippen LogP) is 2.32. The van der Waals surface area contributed by atoms with Gasteiger partial charge in [0.05, 0.1) is 12.1 Å². The van der Waals surface area contributed by atoms with E-state index in [4.69, 9.17) is 4.74 Å². The molecule has 23 heavy (non-hydrogen) atoms. The maximum Gasteiger partial charge on any atom is 0.220 e. The number of hydrogen-bond donors (Lipinski definition) is 1. The van der Waals surface area contributed by atoms with Crippen LogP contribution in [0.15, 0.2) is 36.7 Å². The van der Waals surface area contributed by atoms with Crippen molar-refractivity contribution >= 4 is 17.7 Å². The molecule has 3 rings (SSSR count). The van der Waals surface area contributed by atoms with Gasteiger partial charge >= 0.3 is 0 Å². The second-order valence-corrected chi connectivity index (χ2v) is 6.34. The second kappa shape index (κ2) is 7.46. The highest BCUT2D eigenvalue weighted by Crippen LogP contribution is 2.37. The molecule has 6 heteroatoms. The summed E-state index contributed by atoms with van der Waals surface area (Å²) in [6.45, 7) is 0.525. The number of nitrogens with one attached hydrogen (secondary N) is 1. The number of benzene rings is 1.